The van der Waals surface area contributed by atoms with Crippen LogP contribution in [0.3, 0.4) is 0 Å². The Hall–Kier alpha value is -2.21. The fraction of sp³-hybridized carbons (Fsp3) is 0.143. The summed E-state index contributed by atoms with van der Waals surface area (Å²) in [5.74, 6) is 1.79. The standard InChI is InChI=1S/C14H12N4OS/c1-2-5-11(6-3-1)9-12-17-18-13(19-12)10-20-14-15-7-4-8-16-14/h1-8H,9-10H2. The van der Waals surface area contributed by atoms with E-state index in [0.717, 1.165) is 5.56 Å². The van der Waals surface area contributed by atoms with E-state index in [9.17, 15) is 0 Å². The zero-order chi connectivity index (χ0) is 13.6. The van der Waals surface area contributed by atoms with Crippen LogP contribution in [0.25, 0.3) is 0 Å². The Bertz CT molecular complexity index is 657. The van der Waals surface area contributed by atoms with Crippen molar-refractivity contribution < 1.29 is 4.42 Å². The minimum atomic E-state index is 0.575. The van der Waals surface area contributed by atoms with Gasteiger partial charge in [-0.2, -0.15) is 0 Å². The molecule has 6 heteroatoms. The average Bonchev–Trinajstić information content (AvgIpc) is 2.95. The van der Waals surface area contributed by atoms with E-state index in [-0.39, 0.29) is 0 Å². The maximum Gasteiger partial charge on any atom is 0.226 e. The third-order valence-corrected chi connectivity index (χ3v) is 3.43. The van der Waals surface area contributed by atoms with Gasteiger partial charge in [0.25, 0.3) is 0 Å². The Morgan fingerprint density at radius 1 is 0.900 bits per heavy atom. The summed E-state index contributed by atoms with van der Waals surface area (Å²) in [4.78, 5) is 8.26. The lowest BCUT2D eigenvalue weighted by Gasteiger charge is -1.96. The van der Waals surface area contributed by atoms with Crippen LogP contribution in [0.2, 0.25) is 0 Å². The molecule has 3 rings (SSSR count). The highest BCUT2D eigenvalue weighted by molar-refractivity contribution is 7.98. The molecular formula is C14H12N4OS. The number of nitrogens with zero attached hydrogens (tertiary/aromatic N) is 4. The molecule has 0 N–H and O–H groups in total. The first-order valence-electron chi connectivity index (χ1n) is 6.15. The summed E-state index contributed by atoms with van der Waals surface area (Å²) in [5.41, 5.74) is 1.15. The average molecular weight is 284 g/mol. The fourth-order valence-corrected chi connectivity index (χ4v) is 2.31. The number of thioether (sulfide) groups is 1. The number of hydrogen-bond donors (Lipinski definition) is 0. The SMILES string of the molecule is c1ccc(Cc2nnc(CSc3ncccn3)o2)cc1. The molecule has 0 amide bonds. The predicted octanol–water partition coefficient (Wildman–Crippen LogP) is 2.74. The highest BCUT2D eigenvalue weighted by Gasteiger charge is 2.08. The molecule has 0 saturated carbocycles. The maximum atomic E-state index is 5.61. The van der Waals surface area contributed by atoms with Gasteiger partial charge in [0.1, 0.15) is 0 Å². The molecule has 0 spiro atoms. The molecule has 0 radical (unpaired) electrons. The third kappa shape index (κ3) is 3.42. The van der Waals surface area contributed by atoms with Crippen molar-refractivity contribution in [3.05, 3.63) is 66.1 Å². The molecule has 2 aromatic heterocycles. The Labute approximate surface area is 120 Å². The minimum Gasteiger partial charge on any atom is -0.424 e. The quantitative estimate of drug-likeness (QED) is 0.530. The molecule has 0 bridgehead atoms. The second kappa shape index (κ2) is 6.29. The summed E-state index contributed by atoms with van der Waals surface area (Å²) in [7, 11) is 0. The molecular weight excluding hydrogens is 272 g/mol. The summed E-state index contributed by atoms with van der Waals surface area (Å²) >= 11 is 1.47. The molecule has 1 aromatic carbocycles. The van der Waals surface area contributed by atoms with Gasteiger partial charge < -0.3 is 4.42 Å². The van der Waals surface area contributed by atoms with Gasteiger partial charge in [0.05, 0.1) is 12.2 Å². The van der Waals surface area contributed by atoms with Crippen LogP contribution < -0.4 is 0 Å². The van der Waals surface area contributed by atoms with E-state index >= 15 is 0 Å². The predicted molar refractivity (Wildman–Crippen MR) is 75.1 cm³/mol. The summed E-state index contributed by atoms with van der Waals surface area (Å²) in [5, 5.41) is 8.79. The zero-order valence-electron chi connectivity index (χ0n) is 10.6. The van der Waals surface area contributed by atoms with Crippen LogP contribution in [0.5, 0.6) is 0 Å². The molecule has 0 aliphatic carbocycles. The van der Waals surface area contributed by atoms with Gasteiger partial charge in [0.15, 0.2) is 5.16 Å². The molecule has 0 saturated heterocycles. The lowest BCUT2D eigenvalue weighted by Crippen LogP contribution is -1.87. The van der Waals surface area contributed by atoms with Crippen molar-refractivity contribution >= 4 is 11.8 Å². The van der Waals surface area contributed by atoms with Crippen molar-refractivity contribution in [1.29, 1.82) is 0 Å². The summed E-state index contributed by atoms with van der Waals surface area (Å²) < 4.78 is 5.61. The molecule has 20 heavy (non-hydrogen) atoms. The normalized spacial score (nSPS) is 10.6. The first kappa shape index (κ1) is 12.8. The van der Waals surface area contributed by atoms with Crippen LogP contribution in [0.15, 0.2) is 58.4 Å². The lowest BCUT2D eigenvalue weighted by atomic mass is 10.2. The molecule has 0 fully saturated rings. The molecule has 0 unspecified atom stereocenters. The molecule has 100 valence electrons. The lowest BCUT2D eigenvalue weighted by molar-refractivity contribution is 0.474. The number of aromatic nitrogens is 4. The summed E-state index contributed by atoms with van der Waals surface area (Å²) in [6, 6.07) is 11.8. The van der Waals surface area contributed by atoms with Gasteiger partial charge in [0.2, 0.25) is 11.8 Å². The maximum absolute atomic E-state index is 5.61. The fourth-order valence-electron chi connectivity index (χ4n) is 1.67. The van der Waals surface area contributed by atoms with E-state index in [1.807, 2.05) is 30.3 Å². The van der Waals surface area contributed by atoms with Crippen molar-refractivity contribution in [3.63, 3.8) is 0 Å². The number of benzene rings is 1. The van der Waals surface area contributed by atoms with E-state index in [1.165, 1.54) is 11.8 Å². The van der Waals surface area contributed by atoms with Gasteiger partial charge in [0, 0.05) is 12.4 Å². The highest BCUT2D eigenvalue weighted by atomic mass is 32.2. The Kier molecular flexibility index (Phi) is 4.03. The second-order valence-corrected chi connectivity index (χ2v) is 5.01. The number of rotatable bonds is 5. The minimum absolute atomic E-state index is 0.575. The van der Waals surface area contributed by atoms with Gasteiger partial charge in [-0.05, 0) is 11.6 Å². The Morgan fingerprint density at radius 2 is 1.65 bits per heavy atom. The van der Waals surface area contributed by atoms with Crippen molar-refractivity contribution in [2.45, 2.75) is 17.3 Å². The van der Waals surface area contributed by atoms with Crippen LogP contribution in [0, 0.1) is 0 Å². The number of hydrogen-bond acceptors (Lipinski definition) is 6. The van der Waals surface area contributed by atoms with Gasteiger partial charge in [-0.25, -0.2) is 9.97 Å². The molecule has 3 aromatic rings. The summed E-state index contributed by atoms with van der Waals surface area (Å²) in [6.07, 6.45) is 4.08. The van der Waals surface area contributed by atoms with Crippen LogP contribution >= 0.6 is 11.8 Å². The van der Waals surface area contributed by atoms with Crippen LogP contribution in [0.4, 0.5) is 0 Å². The van der Waals surface area contributed by atoms with Crippen LogP contribution in [0.1, 0.15) is 17.3 Å². The molecule has 2 heterocycles. The van der Waals surface area contributed by atoms with Crippen LogP contribution in [-0.2, 0) is 12.2 Å². The second-order valence-electron chi connectivity index (χ2n) is 4.07. The van der Waals surface area contributed by atoms with E-state index < -0.39 is 0 Å². The molecule has 5 nitrogen and oxygen atoms in total. The zero-order valence-corrected chi connectivity index (χ0v) is 11.5. The Morgan fingerprint density at radius 3 is 2.45 bits per heavy atom. The molecule has 0 aliphatic heterocycles. The van der Waals surface area contributed by atoms with Crippen molar-refractivity contribution in [1.82, 2.24) is 20.2 Å². The first-order valence-corrected chi connectivity index (χ1v) is 7.14. The Balaban J connectivity index is 1.60. The van der Waals surface area contributed by atoms with Crippen molar-refractivity contribution in [3.8, 4) is 0 Å². The van der Waals surface area contributed by atoms with E-state index in [1.54, 1.807) is 18.5 Å². The van der Waals surface area contributed by atoms with E-state index in [4.69, 9.17) is 4.42 Å². The third-order valence-electron chi connectivity index (χ3n) is 2.57. The van der Waals surface area contributed by atoms with Gasteiger partial charge in [-0.3, -0.25) is 0 Å². The molecule has 0 aliphatic rings. The monoisotopic (exact) mass is 284 g/mol. The van der Waals surface area contributed by atoms with Gasteiger partial charge in [-0.15, -0.1) is 10.2 Å². The smallest absolute Gasteiger partial charge is 0.226 e. The highest BCUT2D eigenvalue weighted by Crippen LogP contribution is 2.18. The largest absolute Gasteiger partial charge is 0.424 e. The van der Waals surface area contributed by atoms with E-state index in [2.05, 4.69) is 20.2 Å². The van der Waals surface area contributed by atoms with E-state index in [0.29, 0.717) is 29.1 Å². The summed E-state index contributed by atoms with van der Waals surface area (Å²) in [6.45, 7) is 0. The molecule has 0 atom stereocenters. The van der Waals surface area contributed by atoms with Gasteiger partial charge in [-0.1, -0.05) is 42.1 Å². The van der Waals surface area contributed by atoms with Crippen molar-refractivity contribution in [2.24, 2.45) is 0 Å². The topological polar surface area (TPSA) is 64.7 Å². The van der Waals surface area contributed by atoms with Gasteiger partial charge >= 0.3 is 0 Å². The first-order chi connectivity index (χ1) is 9.90. The van der Waals surface area contributed by atoms with Crippen LogP contribution in [-0.4, -0.2) is 20.2 Å². The van der Waals surface area contributed by atoms with Crippen molar-refractivity contribution in [2.75, 3.05) is 0 Å².